The van der Waals surface area contributed by atoms with Crippen LogP contribution in [0.5, 0.6) is 0 Å². The summed E-state index contributed by atoms with van der Waals surface area (Å²) in [5.41, 5.74) is 13.0. The molecule has 2 unspecified atom stereocenters. The van der Waals surface area contributed by atoms with Crippen molar-refractivity contribution in [2.75, 3.05) is 0 Å². The Morgan fingerprint density at radius 2 is 1.53 bits per heavy atom. The van der Waals surface area contributed by atoms with Gasteiger partial charge >= 0.3 is 0 Å². The largest absolute Gasteiger partial charge is 0.221 e. The van der Waals surface area contributed by atoms with Gasteiger partial charge in [0, 0.05) is 54.0 Å². The van der Waals surface area contributed by atoms with Gasteiger partial charge in [0.2, 0.25) is 11.4 Å². The van der Waals surface area contributed by atoms with Gasteiger partial charge in [0.15, 0.2) is 17.9 Å². The minimum absolute atomic E-state index is 0.0749. The van der Waals surface area contributed by atoms with Crippen LogP contribution in [-0.2, 0) is 29.3 Å². The summed E-state index contributed by atoms with van der Waals surface area (Å²) in [5.74, 6) is -0.0749. The average molecular weight is 655 g/mol. The van der Waals surface area contributed by atoms with Crippen LogP contribution in [0.1, 0.15) is 119 Å². The highest BCUT2D eigenvalue weighted by molar-refractivity contribution is 6.01. The number of unbranched alkanes of at least 4 members (excludes halogenated alkanes) is 1. The molecule has 0 spiro atoms. The third kappa shape index (κ3) is 4.93. The van der Waals surface area contributed by atoms with Crippen LogP contribution in [0.3, 0.4) is 0 Å². The molecule has 0 saturated carbocycles. The van der Waals surface area contributed by atoms with Crippen molar-refractivity contribution in [2.45, 2.75) is 130 Å². The first-order valence-corrected chi connectivity index (χ1v) is 18.9. The Hall–Kier alpha value is -3.85. The van der Waals surface area contributed by atoms with Gasteiger partial charge in [0.1, 0.15) is 12.4 Å². The van der Waals surface area contributed by atoms with Gasteiger partial charge in [-0.1, -0.05) is 76.9 Å². The minimum Gasteiger partial charge on any atom is -0.207 e. The molecule has 0 bridgehead atoms. The quantitative estimate of drug-likeness (QED) is 0.132. The minimum atomic E-state index is -0.435. The van der Waals surface area contributed by atoms with Crippen LogP contribution in [0.2, 0.25) is 0 Å². The van der Waals surface area contributed by atoms with E-state index in [1.54, 1.807) is 6.07 Å². The van der Waals surface area contributed by atoms with Crippen LogP contribution in [-0.4, -0.2) is 0 Å². The van der Waals surface area contributed by atoms with Gasteiger partial charge in [-0.25, -0.2) is 4.39 Å². The first kappa shape index (κ1) is 33.6. The van der Waals surface area contributed by atoms with Gasteiger partial charge in [-0.15, -0.1) is 0 Å². The van der Waals surface area contributed by atoms with Crippen molar-refractivity contribution in [3.05, 3.63) is 118 Å². The number of aromatic nitrogens is 2. The molecule has 1 aliphatic heterocycles. The molecular weight excluding hydrogens is 600 g/mol. The molecule has 7 rings (SSSR count). The second-order valence-corrected chi connectivity index (χ2v) is 16.0. The normalized spacial score (nSPS) is 20.2. The predicted molar refractivity (Wildman–Crippen MR) is 202 cm³/mol. The molecule has 1 aliphatic carbocycles. The van der Waals surface area contributed by atoms with Crippen LogP contribution in [0, 0.1) is 26.6 Å². The predicted octanol–water partition coefficient (Wildman–Crippen LogP) is 11.1. The molecule has 2 aliphatic rings. The summed E-state index contributed by atoms with van der Waals surface area (Å²) < 4.78 is 21.5. The van der Waals surface area contributed by atoms with E-state index in [1.807, 2.05) is 0 Å². The summed E-state index contributed by atoms with van der Waals surface area (Å²) in [6.07, 6.45) is 12.1. The SMILES string of the molecule is CCCCc1cc2c3c4[n+](ccc3c1)C(CC)(CCC[n+]1ccc(C)cc1-c1cc(C)ccc1C)C(C)(CC)c1ccc(F)c(c1-4)C2(C)C. The highest BCUT2D eigenvalue weighted by Gasteiger charge is 2.61. The number of hydrogen-bond acceptors (Lipinski definition) is 0. The lowest BCUT2D eigenvalue weighted by molar-refractivity contribution is -0.771. The number of halogens is 1. The van der Waals surface area contributed by atoms with E-state index in [4.69, 9.17) is 0 Å². The number of hydrogen-bond donors (Lipinski definition) is 0. The van der Waals surface area contributed by atoms with E-state index in [-0.39, 0.29) is 16.8 Å². The summed E-state index contributed by atoms with van der Waals surface area (Å²) in [4.78, 5) is 0. The topological polar surface area (TPSA) is 7.76 Å². The standard InChI is InChI=1S/C46H55FN2/c1-10-13-15-33-28-34-21-25-49-43-40(34)37(29-33)44(7,8)42-38(47)19-18-36(41(42)43)45(9,11-2)46(49,12-3)22-14-23-48-24-20-31(5)27-39(48)35-26-30(4)16-17-32(35)6/h16-21,24-29H,10-15,22-23H2,1-9H3/q+2. The number of pyridine rings is 2. The second-order valence-electron chi connectivity index (χ2n) is 16.0. The molecule has 3 aromatic carbocycles. The van der Waals surface area contributed by atoms with E-state index in [2.05, 4.69) is 138 Å². The molecule has 5 aromatic rings. The highest BCUT2D eigenvalue weighted by atomic mass is 19.1. The van der Waals surface area contributed by atoms with Gasteiger partial charge in [0.05, 0.1) is 16.4 Å². The molecule has 0 amide bonds. The Kier molecular flexibility index (Phi) is 8.36. The van der Waals surface area contributed by atoms with Crippen molar-refractivity contribution < 1.29 is 13.5 Å². The van der Waals surface area contributed by atoms with E-state index in [0.717, 1.165) is 56.2 Å². The lowest BCUT2D eigenvalue weighted by Gasteiger charge is -2.50. The number of aryl methyl sites for hydroxylation is 5. The maximum atomic E-state index is 16.4. The van der Waals surface area contributed by atoms with Crippen molar-refractivity contribution >= 4 is 10.8 Å². The molecule has 49 heavy (non-hydrogen) atoms. The van der Waals surface area contributed by atoms with E-state index in [1.165, 1.54) is 67.5 Å². The highest BCUT2D eigenvalue weighted by Crippen LogP contribution is 2.58. The van der Waals surface area contributed by atoms with Crippen molar-refractivity contribution in [2.24, 2.45) is 0 Å². The van der Waals surface area contributed by atoms with Gasteiger partial charge in [-0.3, -0.25) is 0 Å². The number of benzene rings is 3. The second kappa shape index (κ2) is 12.2. The summed E-state index contributed by atoms with van der Waals surface area (Å²) in [6.45, 7) is 21.5. The lowest BCUT2D eigenvalue weighted by Crippen LogP contribution is -2.69. The zero-order chi connectivity index (χ0) is 34.9. The lowest BCUT2D eigenvalue weighted by atomic mass is 9.55. The summed E-state index contributed by atoms with van der Waals surface area (Å²) in [7, 11) is 0. The fourth-order valence-corrected chi connectivity index (χ4v) is 9.91. The molecule has 0 fully saturated rings. The van der Waals surface area contributed by atoms with Crippen LogP contribution >= 0.6 is 0 Å². The number of nitrogens with zero attached hydrogens (tertiary/aromatic N) is 2. The molecule has 2 aromatic heterocycles. The Bertz CT molecular complexity index is 2110. The molecule has 254 valence electrons. The van der Waals surface area contributed by atoms with Crippen molar-refractivity contribution in [1.82, 2.24) is 0 Å². The molecule has 0 radical (unpaired) electrons. The monoisotopic (exact) mass is 654 g/mol. The van der Waals surface area contributed by atoms with Crippen LogP contribution in [0.25, 0.3) is 33.3 Å². The van der Waals surface area contributed by atoms with E-state index in [0.29, 0.717) is 0 Å². The smallest absolute Gasteiger partial charge is 0.207 e. The molecular formula is C46H55FN2+2. The molecule has 2 nitrogen and oxygen atoms in total. The van der Waals surface area contributed by atoms with Gasteiger partial charge in [-0.05, 0) is 92.3 Å². The third-order valence-corrected chi connectivity index (χ3v) is 12.8. The van der Waals surface area contributed by atoms with E-state index < -0.39 is 5.41 Å². The Morgan fingerprint density at radius 3 is 2.27 bits per heavy atom. The van der Waals surface area contributed by atoms with Gasteiger partial charge in [-0.2, -0.15) is 9.13 Å². The van der Waals surface area contributed by atoms with Crippen molar-refractivity contribution in [3.8, 4) is 22.5 Å². The van der Waals surface area contributed by atoms with Gasteiger partial charge < -0.3 is 0 Å². The zero-order valence-electron chi connectivity index (χ0n) is 31.4. The zero-order valence-corrected chi connectivity index (χ0v) is 31.4. The Balaban J connectivity index is 1.40. The summed E-state index contributed by atoms with van der Waals surface area (Å²) in [6, 6.07) is 22.5. The third-order valence-electron chi connectivity index (χ3n) is 12.8. The van der Waals surface area contributed by atoms with Crippen molar-refractivity contribution in [1.29, 1.82) is 0 Å². The maximum Gasteiger partial charge on any atom is 0.221 e. The average Bonchev–Trinajstić information content (AvgIpc) is 3.08. The first-order valence-electron chi connectivity index (χ1n) is 18.9. The molecule has 3 heteroatoms. The Labute approximate surface area is 294 Å². The summed E-state index contributed by atoms with van der Waals surface area (Å²) in [5, 5.41) is 2.62. The van der Waals surface area contributed by atoms with Crippen LogP contribution in [0.15, 0.2) is 73.1 Å². The van der Waals surface area contributed by atoms with Crippen molar-refractivity contribution in [3.63, 3.8) is 0 Å². The van der Waals surface area contributed by atoms with Crippen LogP contribution in [0.4, 0.5) is 4.39 Å². The summed E-state index contributed by atoms with van der Waals surface area (Å²) >= 11 is 0. The van der Waals surface area contributed by atoms with Gasteiger partial charge in [0.25, 0.3) is 0 Å². The molecule has 2 atom stereocenters. The number of rotatable bonds is 10. The fourth-order valence-electron chi connectivity index (χ4n) is 9.91. The van der Waals surface area contributed by atoms with E-state index in [9.17, 15) is 0 Å². The molecule has 0 N–H and O–H groups in total. The van der Waals surface area contributed by atoms with E-state index >= 15 is 4.39 Å². The van der Waals surface area contributed by atoms with Crippen LogP contribution < -0.4 is 9.13 Å². The molecule has 3 heterocycles. The molecule has 0 saturated heterocycles. The Morgan fingerprint density at radius 1 is 0.755 bits per heavy atom. The maximum absolute atomic E-state index is 16.4. The fraction of sp³-hybridized carbons (Fsp3) is 0.435. The first-order chi connectivity index (χ1) is 23.4.